The van der Waals surface area contributed by atoms with Crippen molar-refractivity contribution in [3.05, 3.63) is 42.0 Å². The number of aromatic nitrogens is 5. The summed E-state index contributed by atoms with van der Waals surface area (Å²) in [5.41, 5.74) is 6.54. The summed E-state index contributed by atoms with van der Waals surface area (Å²) in [5.74, 6) is -0.400. The number of anilines is 2. The molecule has 4 rings (SSSR count). The van der Waals surface area contributed by atoms with E-state index in [1.165, 1.54) is 25.3 Å². The van der Waals surface area contributed by atoms with E-state index in [4.69, 9.17) is 15.3 Å². The van der Waals surface area contributed by atoms with Crippen LogP contribution in [0.1, 0.15) is 33.8 Å². The van der Waals surface area contributed by atoms with Crippen LogP contribution in [0.5, 0.6) is 5.75 Å². The Bertz CT molecular complexity index is 1170. The third kappa shape index (κ3) is 4.07. The van der Waals surface area contributed by atoms with Crippen molar-refractivity contribution in [3.63, 3.8) is 0 Å². The molecule has 12 heteroatoms. The molecular weight excluding hydrogens is 416 g/mol. The fourth-order valence-electron chi connectivity index (χ4n) is 3.17. The van der Waals surface area contributed by atoms with Crippen molar-refractivity contribution < 1.29 is 19.2 Å². The first-order valence-corrected chi connectivity index (χ1v) is 9.78. The Labute approximate surface area is 183 Å². The summed E-state index contributed by atoms with van der Waals surface area (Å²) < 4.78 is 7.21. The molecule has 32 heavy (non-hydrogen) atoms. The number of nitrogens with one attached hydrogen (secondary N) is 1. The zero-order valence-electron chi connectivity index (χ0n) is 17.8. The largest absolute Gasteiger partial charge is 0.494 e. The van der Waals surface area contributed by atoms with E-state index in [9.17, 15) is 9.59 Å². The normalized spacial score (nSPS) is 13.0. The molecule has 0 saturated heterocycles. The highest BCUT2D eigenvalue weighted by atomic mass is 16.7. The average molecular weight is 438 g/mol. The van der Waals surface area contributed by atoms with Crippen LogP contribution in [-0.4, -0.2) is 57.0 Å². The lowest BCUT2D eigenvalue weighted by molar-refractivity contribution is 0.0940. The summed E-state index contributed by atoms with van der Waals surface area (Å²) in [5, 5.41) is 16.2. The monoisotopic (exact) mass is 438 g/mol. The van der Waals surface area contributed by atoms with Gasteiger partial charge in [0.1, 0.15) is 17.7 Å². The Morgan fingerprint density at radius 2 is 2.00 bits per heavy atom. The summed E-state index contributed by atoms with van der Waals surface area (Å²) in [4.78, 5) is 34.4. The van der Waals surface area contributed by atoms with Crippen molar-refractivity contribution in [1.82, 2.24) is 30.3 Å². The van der Waals surface area contributed by atoms with E-state index in [0.717, 1.165) is 12.8 Å². The minimum absolute atomic E-state index is 0.0282. The van der Waals surface area contributed by atoms with Gasteiger partial charge in [0.15, 0.2) is 23.0 Å². The summed E-state index contributed by atoms with van der Waals surface area (Å²) in [6.07, 6.45) is 3.40. The van der Waals surface area contributed by atoms with Gasteiger partial charge in [0.05, 0.1) is 19.8 Å². The zero-order valence-corrected chi connectivity index (χ0v) is 17.8. The van der Waals surface area contributed by atoms with Gasteiger partial charge in [-0.25, -0.2) is 10.0 Å². The van der Waals surface area contributed by atoms with E-state index < -0.39 is 11.8 Å². The van der Waals surface area contributed by atoms with Crippen LogP contribution < -0.4 is 20.9 Å². The van der Waals surface area contributed by atoms with Crippen LogP contribution in [-0.2, 0) is 11.9 Å². The van der Waals surface area contributed by atoms with Crippen LogP contribution >= 0.6 is 0 Å². The van der Waals surface area contributed by atoms with Gasteiger partial charge in [-0.2, -0.15) is 5.10 Å². The van der Waals surface area contributed by atoms with E-state index in [1.54, 1.807) is 36.3 Å². The molecule has 3 aromatic rings. The van der Waals surface area contributed by atoms with Crippen molar-refractivity contribution in [2.45, 2.75) is 18.9 Å². The lowest BCUT2D eigenvalue weighted by Gasteiger charge is -2.25. The van der Waals surface area contributed by atoms with E-state index >= 15 is 0 Å². The molecule has 2 aromatic heterocycles. The maximum absolute atomic E-state index is 12.5. The predicted molar refractivity (Wildman–Crippen MR) is 113 cm³/mol. The van der Waals surface area contributed by atoms with Crippen molar-refractivity contribution in [2.24, 2.45) is 12.8 Å². The third-order valence-corrected chi connectivity index (χ3v) is 4.81. The number of primary amides is 1. The lowest BCUT2D eigenvalue weighted by atomic mass is 10.1. The number of hydrogen-bond acceptors (Lipinski definition) is 9. The first-order chi connectivity index (χ1) is 15.4. The van der Waals surface area contributed by atoms with Gasteiger partial charge in [-0.15, -0.1) is 10.2 Å². The molecule has 0 radical (unpaired) electrons. The van der Waals surface area contributed by atoms with Crippen LogP contribution in [0.4, 0.5) is 11.4 Å². The van der Waals surface area contributed by atoms with Gasteiger partial charge < -0.3 is 15.8 Å². The number of hydrogen-bond donors (Lipinski definition) is 2. The molecular formula is C20H22N8O4. The van der Waals surface area contributed by atoms with E-state index in [0.29, 0.717) is 22.8 Å². The molecule has 1 aliphatic rings. The van der Waals surface area contributed by atoms with Gasteiger partial charge in [-0.05, 0) is 31.0 Å². The Hall–Kier alpha value is -4.06. The number of para-hydroxylation sites is 1. The van der Waals surface area contributed by atoms with Crippen molar-refractivity contribution >= 4 is 23.2 Å². The Morgan fingerprint density at radius 3 is 2.59 bits per heavy atom. The molecule has 2 amide bonds. The topological polar surface area (TPSA) is 150 Å². The average Bonchev–Trinajstić information content (AvgIpc) is 3.50. The van der Waals surface area contributed by atoms with Gasteiger partial charge in [-0.1, -0.05) is 6.07 Å². The molecule has 1 fully saturated rings. The van der Waals surface area contributed by atoms with Gasteiger partial charge in [0, 0.05) is 13.1 Å². The number of ether oxygens (including phenoxy) is 1. The molecule has 0 spiro atoms. The summed E-state index contributed by atoms with van der Waals surface area (Å²) >= 11 is 0. The predicted octanol–water partition coefficient (Wildman–Crippen LogP) is 0.971. The fourth-order valence-corrected chi connectivity index (χ4v) is 3.17. The highest BCUT2D eigenvalue weighted by molar-refractivity contribution is 6.00. The van der Waals surface area contributed by atoms with E-state index in [2.05, 4.69) is 25.6 Å². The molecule has 12 nitrogen and oxygen atoms in total. The number of nitrogens with zero attached hydrogens (tertiary/aromatic N) is 6. The molecule has 1 aromatic carbocycles. The fraction of sp³-hybridized carbons (Fsp3) is 0.300. The van der Waals surface area contributed by atoms with Crippen LogP contribution in [0.25, 0.3) is 11.4 Å². The first-order valence-electron chi connectivity index (χ1n) is 9.78. The van der Waals surface area contributed by atoms with Crippen molar-refractivity contribution in [2.75, 3.05) is 19.3 Å². The van der Waals surface area contributed by atoms with Gasteiger partial charge in [-0.3, -0.25) is 19.1 Å². The molecule has 0 bridgehead atoms. The maximum Gasteiger partial charge on any atom is 0.272 e. The minimum Gasteiger partial charge on any atom is -0.494 e. The number of carbonyl (C=O) groups is 2. The van der Waals surface area contributed by atoms with Crippen LogP contribution in [0.2, 0.25) is 0 Å². The second-order valence-electron chi connectivity index (χ2n) is 7.15. The quantitative estimate of drug-likeness (QED) is 0.490. The number of methoxy groups -OCH3 is 1. The molecule has 0 unspecified atom stereocenters. The number of rotatable bonds is 8. The molecule has 0 aliphatic heterocycles. The van der Waals surface area contributed by atoms with Crippen molar-refractivity contribution in [3.8, 4) is 17.1 Å². The highest BCUT2D eigenvalue weighted by Gasteiger charge is 2.28. The molecule has 166 valence electrons. The van der Waals surface area contributed by atoms with Gasteiger partial charge in [0.25, 0.3) is 11.8 Å². The van der Waals surface area contributed by atoms with Crippen LogP contribution in [0, 0.1) is 0 Å². The molecule has 0 atom stereocenters. The summed E-state index contributed by atoms with van der Waals surface area (Å²) in [7, 11) is 4.65. The number of nitrogens with two attached hydrogens (primary N) is 1. The second kappa shape index (κ2) is 8.59. The third-order valence-electron chi connectivity index (χ3n) is 4.81. The first kappa shape index (κ1) is 21.2. The second-order valence-corrected chi connectivity index (χ2v) is 7.15. The summed E-state index contributed by atoms with van der Waals surface area (Å²) in [6.45, 7) is 0. The lowest BCUT2D eigenvalue weighted by Crippen LogP contribution is -2.29. The van der Waals surface area contributed by atoms with Crippen molar-refractivity contribution in [1.29, 1.82) is 0 Å². The molecule has 1 aliphatic carbocycles. The smallest absolute Gasteiger partial charge is 0.272 e. The zero-order chi connectivity index (χ0) is 22.8. The SMILES string of the molecule is COc1c(-c2ncn(C)n2)cccc1N(OC)c1cc(C(=O)NC2CC2)nnc1C(N)=O. The number of carbonyl (C=O) groups excluding carboxylic acids is 2. The van der Waals surface area contributed by atoms with Gasteiger partial charge >= 0.3 is 0 Å². The molecule has 3 N–H and O–H groups in total. The molecule has 1 saturated carbocycles. The minimum atomic E-state index is -0.829. The van der Waals surface area contributed by atoms with Crippen LogP contribution in [0.15, 0.2) is 30.6 Å². The Kier molecular flexibility index (Phi) is 5.69. The standard InChI is InChI=1S/C20H22N8O4/c1-27-10-22-19(26-27)12-5-4-6-14(17(12)31-2)28(32-3)15-9-13(20(30)23-11-7-8-11)24-25-16(15)18(21)29/h4-6,9-11H,7-8H2,1-3H3,(H2,21,29)(H,23,30). The summed E-state index contributed by atoms with van der Waals surface area (Å²) in [6, 6.07) is 6.79. The number of amides is 2. The van der Waals surface area contributed by atoms with E-state index in [-0.39, 0.29) is 23.1 Å². The van der Waals surface area contributed by atoms with E-state index in [1.807, 2.05) is 0 Å². The number of aryl methyl sites for hydroxylation is 1. The van der Waals surface area contributed by atoms with Gasteiger partial charge in [0.2, 0.25) is 0 Å². The molecule has 2 heterocycles. The number of benzene rings is 1. The Morgan fingerprint density at radius 1 is 1.22 bits per heavy atom. The Balaban J connectivity index is 1.82. The van der Waals surface area contributed by atoms with Crippen LogP contribution in [0.3, 0.4) is 0 Å². The highest BCUT2D eigenvalue weighted by Crippen LogP contribution is 2.40. The maximum atomic E-state index is 12.5.